The number of aliphatic carboxylic acids is 1. The van der Waals surface area contributed by atoms with Crippen LogP contribution in [0, 0.1) is 11.7 Å². The van der Waals surface area contributed by atoms with Crippen LogP contribution >= 0.6 is 0 Å². The second-order valence-electron chi connectivity index (χ2n) is 5.28. The summed E-state index contributed by atoms with van der Waals surface area (Å²) in [5.41, 5.74) is 0.544. The van der Waals surface area contributed by atoms with Crippen LogP contribution < -0.4 is 10.6 Å². The van der Waals surface area contributed by atoms with E-state index in [-0.39, 0.29) is 24.2 Å². The van der Waals surface area contributed by atoms with Gasteiger partial charge in [0.05, 0.1) is 6.42 Å². The highest BCUT2D eigenvalue weighted by atomic mass is 19.1. The van der Waals surface area contributed by atoms with Gasteiger partial charge in [-0.2, -0.15) is 0 Å². The zero-order valence-electron chi connectivity index (χ0n) is 11.6. The highest BCUT2D eigenvalue weighted by Gasteiger charge is 2.33. The third-order valence-corrected chi connectivity index (χ3v) is 3.54. The van der Waals surface area contributed by atoms with Crippen molar-refractivity contribution in [1.29, 1.82) is 0 Å². The first-order valence-electron chi connectivity index (χ1n) is 7.06. The van der Waals surface area contributed by atoms with Gasteiger partial charge >= 0.3 is 12.0 Å². The summed E-state index contributed by atoms with van der Waals surface area (Å²) >= 11 is 0. The molecule has 1 unspecified atom stereocenters. The topological polar surface area (TPSA) is 78.4 Å². The third kappa shape index (κ3) is 5.06. The Morgan fingerprint density at radius 1 is 1.33 bits per heavy atom. The van der Waals surface area contributed by atoms with Crippen LogP contribution in [0.5, 0.6) is 0 Å². The number of nitrogens with one attached hydrogen (secondary N) is 2. The molecule has 0 aliphatic heterocycles. The Morgan fingerprint density at radius 2 is 2.05 bits per heavy atom. The molecule has 0 heterocycles. The van der Waals surface area contributed by atoms with E-state index in [4.69, 9.17) is 5.11 Å². The number of carboxylic acid groups (broad SMARTS) is 1. The molecule has 2 rings (SSSR count). The van der Waals surface area contributed by atoms with Crippen molar-refractivity contribution >= 4 is 12.0 Å². The highest BCUT2D eigenvalue weighted by Crippen LogP contribution is 2.33. The SMILES string of the molecule is O=C(O)CC(NC(=O)NCCc1ccccc1F)C1CC1. The number of hydrogen-bond acceptors (Lipinski definition) is 2. The van der Waals surface area contributed by atoms with Gasteiger partial charge in [0.1, 0.15) is 5.82 Å². The molecule has 114 valence electrons. The number of rotatable bonds is 7. The molecular formula is C15H19FN2O3. The number of carboxylic acids is 1. The van der Waals surface area contributed by atoms with Crippen molar-refractivity contribution in [3.8, 4) is 0 Å². The number of carbonyl (C=O) groups is 2. The van der Waals surface area contributed by atoms with Gasteiger partial charge in [-0.25, -0.2) is 9.18 Å². The monoisotopic (exact) mass is 294 g/mol. The molecule has 1 aliphatic carbocycles. The van der Waals surface area contributed by atoms with E-state index in [0.717, 1.165) is 12.8 Å². The van der Waals surface area contributed by atoms with Gasteiger partial charge in [0.2, 0.25) is 0 Å². The molecule has 2 amide bonds. The molecule has 0 saturated heterocycles. The van der Waals surface area contributed by atoms with Gasteiger partial charge in [-0.15, -0.1) is 0 Å². The van der Waals surface area contributed by atoms with Gasteiger partial charge in [-0.1, -0.05) is 18.2 Å². The molecule has 6 heteroatoms. The quantitative estimate of drug-likeness (QED) is 0.719. The lowest BCUT2D eigenvalue weighted by molar-refractivity contribution is -0.137. The van der Waals surface area contributed by atoms with Gasteiger partial charge in [-0.05, 0) is 36.8 Å². The summed E-state index contributed by atoms with van der Waals surface area (Å²) < 4.78 is 13.4. The van der Waals surface area contributed by atoms with Crippen molar-refractivity contribution in [3.63, 3.8) is 0 Å². The lowest BCUT2D eigenvalue weighted by atomic mass is 10.1. The number of carbonyl (C=O) groups excluding carboxylic acids is 1. The molecule has 1 aromatic rings. The van der Waals surface area contributed by atoms with Crippen molar-refractivity contribution < 1.29 is 19.1 Å². The second-order valence-corrected chi connectivity index (χ2v) is 5.28. The van der Waals surface area contributed by atoms with Crippen molar-refractivity contribution in [3.05, 3.63) is 35.6 Å². The number of urea groups is 1. The molecule has 1 atom stereocenters. The summed E-state index contributed by atoms with van der Waals surface area (Å²) in [6.45, 7) is 0.303. The highest BCUT2D eigenvalue weighted by molar-refractivity contribution is 5.75. The standard InChI is InChI=1S/C15H19FN2O3/c16-12-4-2-1-3-10(12)7-8-17-15(21)18-13(9-14(19)20)11-5-6-11/h1-4,11,13H,5-9H2,(H,19,20)(H2,17,18,21). The fraction of sp³-hybridized carbons (Fsp3) is 0.467. The van der Waals surface area contributed by atoms with Crippen LogP contribution in [-0.4, -0.2) is 29.7 Å². The Bertz CT molecular complexity index is 517. The van der Waals surface area contributed by atoms with E-state index in [1.165, 1.54) is 6.07 Å². The van der Waals surface area contributed by atoms with E-state index in [1.807, 2.05) is 0 Å². The van der Waals surface area contributed by atoms with Crippen LogP contribution in [0.25, 0.3) is 0 Å². The lowest BCUT2D eigenvalue weighted by Gasteiger charge is -2.16. The zero-order valence-corrected chi connectivity index (χ0v) is 11.6. The van der Waals surface area contributed by atoms with E-state index >= 15 is 0 Å². The third-order valence-electron chi connectivity index (χ3n) is 3.54. The van der Waals surface area contributed by atoms with Gasteiger partial charge in [0, 0.05) is 12.6 Å². The molecule has 21 heavy (non-hydrogen) atoms. The molecule has 1 aromatic carbocycles. The minimum Gasteiger partial charge on any atom is -0.481 e. The molecular weight excluding hydrogens is 275 g/mol. The maximum absolute atomic E-state index is 13.4. The summed E-state index contributed by atoms with van der Waals surface area (Å²) in [5, 5.41) is 14.1. The van der Waals surface area contributed by atoms with E-state index in [1.54, 1.807) is 18.2 Å². The van der Waals surface area contributed by atoms with Gasteiger partial charge in [0.15, 0.2) is 0 Å². The molecule has 0 radical (unpaired) electrons. The van der Waals surface area contributed by atoms with Crippen molar-refractivity contribution in [2.24, 2.45) is 5.92 Å². The van der Waals surface area contributed by atoms with Crippen LogP contribution in [0.15, 0.2) is 24.3 Å². The molecule has 1 aliphatic rings. The Hall–Kier alpha value is -2.11. The van der Waals surface area contributed by atoms with Crippen molar-refractivity contribution in [1.82, 2.24) is 10.6 Å². The Morgan fingerprint density at radius 3 is 2.67 bits per heavy atom. The summed E-state index contributed by atoms with van der Waals surface area (Å²) in [5.74, 6) is -0.946. The number of benzene rings is 1. The summed E-state index contributed by atoms with van der Waals surface area (Å²) in [7, 11) is 0. The molecule has 0 spiro atoms. The molecule has 0 aromatic heterocycles. The van der Waals surface area contributed by atoms with Gasteiger partial charge in [-0.3, -0.25) is 4.79 Å². The van der Waals surface area contributed by atoms with E-state index in [9.17, 15) is 14.0 Å². The largest absolute Gasteiger partial charge is 0.481 e. The molecule has 1 fully saturated rings. The number of amides is 2. The van der Waals surface area contributed by atoms with Crippen LogP contribution in [0.1, 0.15) is 24.8 Å². The predicted octanol–water partition coefficient (Wildman–Crippen LogP) is 1.92. The van der Waals surface area contributed by atoms with Crippen LogP contribution in [-0.2, 0) is 11.2 Å². The Labute approximate surface area is 122 Å². The zero-order chi connectivity index (χ0) is 15.2. The number of halogens is 1. The van der Waals surface area contributed by atoms with Crippen LogP contribution in [0.3, 0.4) is 0 Å². The first kappa shape index (κ1) is 15.3. The first-order valence-corrected chi connectivity index (χ1v) is 7.06. The van der Waals surface area contributed by atoms with Crippen LogP contribution in [0.4, 0.5) is 9.18 Å². The predicted molar refractivity (Wildman–Crippen MR) is 75.4 cm³/mol. The summed E-state index contributed by atoms with van der Waals surface area (Å²) in [6, 6.07) is 5.69. The van der Waals surface area contributed by atoms with E-state index in [0.29, 0.717) is 18.5 Å². The summed E-state index contributed by atoms with van der Waals surface area (Å²) in [4.78, 5) is 22.5. The average molecular weight is 294 g/mol. The minimum atomic E-state index is -0.918. The van der Waals surface area contributed by atoms with Crippen molar-refractivity contribution in [2.75, 3.05) is 6.54 Å². The number of hydrogen-bond donors (Lipinski definition) is 3. The fourth-order valence-corrected chi connectivity index (χ4v) is 2.25. The van der Waals surface area contributed by atoms with E-state index < -0.39 is 12.0 Å². The molecule has 5 nitrogen and oxygen atoms in total. The molecule has 1 saturated carbocycles. The Balaban J connectivity index is 1.74. The van der Waals surface area contributed by atoms with Gasteiger partial charge in [0.25, 0.3) is 0 Å². The molecule has 0 bridgehead atoms. The normalized spacial score (nSPS) is 15.3. The fourth-order valence-electron chi connectivity index (χ4n) is 2.25. The Kier molecular flexibility index (Phi) is 5.14. The van der Waals surface area contributed by atoms with Crippen LogP contribution in [0.2, 0.25) is 0 Å². The summed E-state index contributed by atoms with van der Waals surface area (Å²) in [6.07, 6.45) is 2.24. The second kappa shape index (κ2) is 7.06. The van der Waals surface area contributed by atoms with E-state index in [2.05, 4.69) is 10.6 Å². The maximum Gasteiger partial charge on any atom is 0.315 e. The first-order chi connectivity index (χ1) is 10.1. The molecule has 3 N–H and O–H groups in total. The maximum atomic E-state index is 13.4. The lowest BCUT2D eigenvalue weighted by Crippen LogP contribution is -2.44. The van der Waals surface area contributed by atoms with Crippen molar-refractivity contribution in [2.45, 2.75) is 31.7 Å². The van der Waals surface area contributed by atoms with Gasteiger partial charge < -0.3 is 15.7 Å². The minimum absolute atomic E-state index is 0.0641. The smallest absolute Gasteiger partial charge is 0.315 e. The average Bonchev–Trinajstić information content (AvgIpc) is 3.24.